The first-order valence-corrected chi connectivity index (χ1v) is 7.56. The SMILES string of the molecule is CCCOc1ccc(F)cc1C(C)CC1CC1C(=O)OC. The van der Waals surface area contributed by atoms with Crippen molar-refractivity contribution >= 4 is 5.97 Å². The van der Waals surface area contributed by atoms with Crippen molar-refractivity contribution < 1.29 is 18.7 Å². The largest absolute Gasteiger partial charge is 0.493 e. The molecule has 1 saturated carbocycles. The molecule has 0 saturated heterocycles. The Hall–Kier alpha value is -1.58. The van der Waals surface area contributed by atoms with Crippen LogP contribution in [0.5, 0.6) is 5.75 Å². The Morgan fingerprint density at radius 1 is 1.48 bits per heavy atom. The van der Waals surface area contributed by atoms with Gasteiger partial charge in [-0.05, 0) is 54.9 Å². The molecule has 3 atom stereocenters. The number of halogens is 1. The molecule has 0 aliphatic heterocycles. The Kier molecular flexibility index (Phi) is 5.21. The molecule has 0 amide bonds. The monoisotopic (exact) mass is 294 g/mol. The predicted octanol–water partition coefficient (Wildman–Crippen LogP) is 3.92. The molecule has 1 aliphatic carbocycles. The van der Waals surface area contributed by atoms with E-state index in [1.807, 2.05) is 6.92 Å². The second-order valence-corrected chi connectivity index (χ2v) is 5.79. The Bertz CT molecular complexity index is 501. The van der Waals surface area contributed by atoms with Crippen LogP contribution < -0.4 is 4.74 Å². The van der Waals surface area contributed by atoms with Crippen LogP contribution in [0.15, 0.2) is 18.2 Å². The molecule has 3 unspecified atom stereocenters. The molecule has 4 heteroatoms. The lowest BCUT2D eigenvalue weighted by atomic mass is 9.94. The van der Waals surface area contributed by atoms with Gasteiger partial charge in [-0.25, -0.2) is 4.39 Å². The summed E-state index contributed by atoms with van der Waals surface area (Å²) in [5, 5.41) is 0. The third-order valence-electron chi connectivity index (χ3n) is 4.05. The minimum Gasteiger partial charge on any atom is -0.493 e. The van der Waals surface area contributed by atoms with E-state index in [0.717, 1.165) is 30.6 Å². The molecule has 2 rings (SSSR count). The maximum Gasteiger partial charge on any atom is 0.308 e. The molecule has 1 fully saturated rings. The van der Waals surface area contributed by atoms with Crippen molar-refractivity contribution in [3.63, 3.8) is 0 Å². The van der Waals surface area contributed by atoms with Gasteiger partial charge in [0.15, 0.2) is 0 Å². The van der Waals surface area contributed by atoms with E-state index in [0.29, 0.717) is 12.5 Å². The van der Waals surface area contributed by atoms with Crippen LogP contribution in [-0.4, -0.2) is 19.7 Å². The zero-order chi connectivity index (χ0) is 15.4. The molecule has 0 N–H and O–H groups in total. The number of hydrogen-bond donors (Lipinski definition) is 0. The van der Waals surface area contributed by atoms with Crippen LogP contribution in [0, 0.1) is 17.7 Å². The quantitative estimate of drug-likeness (QED) is 0.715. The van der Waals surface area contributed by atoms with Gasteiger partial charge in [0.25, 0.3) is 0 Å². The Labute approximate surface area is 125 Å². The van der Waals surface area contributed by atoms with Crippen molar-refractivity contribution in [3.8, 4) is 5.75 Å². The van der Waals surface area contributed by atoms with Crippen LogP contribution in [0.25, 0.3) is 0 Å². The van der Waals surface area contributed by atoms with Crippen LogP contribution in [0.3, 0.4) is 0 Å². The molecule has 0 spiro atoms. The highest BCUT2D eigenvalue weighted by atomic mass is 19.1. The Balaban J connectivity index is 2.03. The van der Waals surface area contributed by atoms with Crippen molar-refractivity contribution in [2.24, 2.45) is 11.8 Å². The number of carbonyl (C=O) groups excluding carboxylic acids is 1. The van der Waals surface area contributed by atoms with Crippen molar-refractivity contribution in [3.05, 3.63) is 29.6 Å². The molecule has 0 radical (unpaired) electrons. The highest BCUT2D eigenvalue weighted by Crippen LogP contribution is 2.46. The summed E-state index contributed by atoms with van der Waals surface area (Å²) < 4.78 is 24.0. The summed E-state index contributed by atoms with van der Waals surface area (Å²) in [6.07, 6.45) is 2.64. The third kappa shape index (κ3) is 3.96. The molecule has 1 aliphatic rings. The normalized spacial score (nSPS) is 21.7. The van der Waals surface area contributed by atoms with Gasteiger partial charge >= 0.3 is 5.97 Å². The van der Waals surface area contributed by atoms with Crippen LogP contribution >= 0.6 is 0 Å². The number of esters is 1. The number of methoxy groups -OCH3 is 1. The van der Waals surface area contributed by atoms with Gasteiger partial charge < -0.3 is 9.47 Å². The molecular weight excluding hydrogens is 271 g/mol. The zero-order valence-corrected chi connectivity index (χ0v) is 12.9. The van der Waals surface area contributed by atoms with Gasteiger partial charge in [0.05, 0.1) is 19.6 Å². The van der Waals surface area contributed by atoms with Gasteiger partial charge in [0, 0.05) is 0 Å². The minimum absolute atomic E-state index is 0.0195. The first-order chi connectivity index (χ1) is 10.1. The number of benzene rings is 1. The van der Waals surface area contributed by atoms with Crippen molar-refractivity contribution in [1.82, 2.24) is 0 Å². The van der Waals surface area contributed by atoms with Crippen LogP contribution in [0.1, 0.15) is 44.6 Å². The molecule has 1 aromatic rings. The van der Waals surface area contributed by atoms with E-state index in [1.54, 1.807) is 12.1 Å². The number of hydrogen-bond acceptors (Lipinski definition) is 3. The zero-order valence-electron chi connectivity index (χ0n) is 12.9. The first-order valence-electron chi connectivity index (χ1n) is 7.56. The summed E-state index contributed by atoms with van der Waals surface area (Å²) in [5.74, 6) is 0.893. The molecular formula is C17H23FO3. The fourth-order valence-corrected chi connectivity index (χ4v) is 2.78. The third-order valence-corrected chi connectivity index (χ3v) is 4.05. The van der Waals surface area contributed by atoms with E-state index in [-0.39, 0.29) is 23.6 Å². The maximum absolute atomic E-state index is 13.5. The summed E-state index contributed by atoms with van der Waals surface area (Å²) in [6.45, 7) is 4.72. The van der Waals surface area contributed by atoms with Gasteiger partial charge in [-0.15, -0.1) is 0 Å². The highest BCUT2D eigenvalue weighted by Gasteiger charge is 2.44. The second-order valence-electron chi connectivity index (χ2n) is 5.79. The van der Waals surface area contributed by atoms with E-state index in [4.69, 9.17) is 9.47 Å². The summed E-state index contributed by atoms with van der Waals surface area (Å²) in [5.41, 5.74) is 0.888. The number of carbonyl (C=O) groups is 1. The minimum atomic E-state index is -0.249. The van der Waals surface area contributed by atoms with Crippen LogP contribution in [-0.2, 0) is 9.53 Å². The summed E-state index contributed by atoms with van der Waals surface area (Å²) in [7, 11) is 1.42. The summed E-state index contributed by atoms with van der Waals surface area (Å²) >= 11 is 0. The van der Waals surface area contributed by atoms with Crippen molar-refractivity contribution in [1.29, 1.82) is 0 Å². The molecule has 3 nitrogen and oxygen atoms in total. The molecule has 0 aromatic heterocycles. The highest BCUT2D eigenvalue weighted by molar-refractivity contribution is 5.75. The molecule has 0 bridgehead atoms. The molecule has 116 valence electrons. The lowest BCUT2D eigenvalue weighted by molar-refractivity contribution is -0.142. The molecule has 0 heterocycles. The smallest absolute Gasteiger partial charge is 0.308 e. The standard InChI is InChI=1S/C17H23FO3/c1-4-7-21-16-6-5-13(18)10-14(16)11(2)8-12-9-15(12)17(19)20-3/h5-6,10-12,15H,4,7-9H2,1-3H3. The van der Waals surface area contributed by atoms with E-state index in [2.05, 4.69) is 6.92 Å². The van der Waals surface area contributed by atoms with E-state index >= 15 is 0 Å². The Morgan fingerprint density at radius 2 is 2.24 bits per heavy atom. The van der Waals surface area contributed by atoms with Crippen LogP contribution in [0.4, 0.5) is 4.39 Å². The summed E-state index contributed by atoms with van der Waals surface area (Å²) in [4.78, 5) is 11.5. The average Bonchev–Trinajstić information content (AvgIpc) is 3.24. The average molecular weight is 294 g/mol. The fourth-order valence-electron chi connectivity index (χ4n) is 2.78. The predicted molar refractivity (Wildman–Crippen MR) is 78.8 cm³/mol. The summed E-state index contributed by atoms with van der Waals surface area (Å²) in [6, 6.07) is 4.67. The lowest BCUT2D eigenvalue weighted by Crippen LogP contribution is -2.07. The van der Waals surface area contributed by atoms with Crippen molar-refractivity contribution in [2.45, 2.75) is 39.0 Å². The fraction of sp³-hybridized carbons (Fsp3) is 0.588. The van der Waals surface area contributed by atoms with E-state index in [9.17, 15) is 9.18 Å². The van der Waals surface area contributed by atoms with E-state index < -0.39 is 0 Å². The van der Waals surface area contributed by atoms with Gasteiger partial charge in [-0.1, -0.05) is 13.8 Å². The number of ether oxygens (including phenoxy) is 2. The van der Waals surface area contributed by atoms with E-state index in [1.165, 1.54) is 13.2 Å². The topological polar surface area (TPSA) is 35.5 Å². The van der Waals surface area contributed by atoms with Gasteiger partial charge in [0.2, 0.25) is 0 Å². The second kappa shape index (κ2) is 6.92. The lowest BCUT2D eigenvalue weighted by Gasteiger charge is -2.17. The number of rotatable bonds is 7. The van der Waals surface area contributed by atoms with Crippen LogP contribution in [0.2, 0.25) is 0 Å². The Morgan fingerprint density at radius 3 is 2.90 bits per heavy atom. The molecule has 1 aromatic carbocycles. The molecule has 21 heavy (non-hydrogen) atoms. The van der Waals surface area contributed by atoms with Gasteiger partial charge in [0.1, 0.15) is 11.6 Å². The maximum atomic E-state index is 13.5. The van der Waals surface area contributed by atoms with Gasteiger partial charge in [-0.3, -0.25) is 4.79 Å². The van der Waals surface area contributed by atoms with Crippen molar-refractivity contribution in [2.75, 3.05) is 13.7 Å². The van der Waals surface area contributed by atoms with Gasteiger partial charge in [-0.2, -0.15) is 0 Å². The first kappa shape index (κ1) is 15.8.